The van der Waals surface area contributed by atoms with E-state index in [-0.39, 0.29) is 30.1 Å². The van der Waals surface area contributed by atoms with Crippen LogP contribution < -0.4 is 5.19 Å². The van der Waals surface area contributed by atoms with Crippen LogP contribution in [0.5, 0.6) is 5.75 Å². The number of aromatic hydroxyl groups is 1. The van der Waals surface area contributed by atoms with E-state index in [1.54, 1.807) is 26.0 Å². The minimum absolute atomic E-state index is 0.0718. The molecule has 0 unspecified atom stereocenters. The number of ether oxygens (including phenoxy) is 2. The van der Waals surface area contributed by atoms with Crippen LogP contribution in [-0.4, -0.2) is 25.1 Å². The first kappa shape index (κ1) is 27.1. The molecule has 0 heterocycles. The van der Waals surface area contributed by atoms with Gasteiger partial charge < -0.3 is 14.6 Å². The summed E-state index contributed by atoms with van der Waals surface area (Å²) < 4.78 is 10.5. The van der Waals surface area contributed by atoms with E-state index >= 15 is 0 Å². The van der Waals surface area contributed by atoms with Crippen LogP contribution in [0.1, 0.15) is 44.7 Å². The van der Waals surface area contributed by atoms with Gasteiger partial charge in [0.2, 0.25) is 0 Å². The highest BCUT2D eigenvalue weighted by atomic mass is 28.3. The fraction of sp³-hybridized carbons (Fsp3) is 0.357. The van der Waals surface area contributed by atoms with Crippen molar-refractivity contribution in [1.29, 1.82) is 0 Å². The van der Waals surface area contributed by atoms with Crippen molar-refractivity contribution in [2.24, 2.45) is 0 Å². The third kappa shape index (κ3) is 7.19. The van der Waals surface area contributed by atoms with Crippen LogP contribution in [0.3, 0.4) is 0 Å². The van der Waals surface area contributed by atoms with Gasteiger partial charge in [0.05, 0.1) is 8.07 Å². The van der Waals surface area contributed by atoms with Crippen LogP contribution in [0.4, 0.5) is 0 Å². The molecular weight excluding hydrogens is 444 g/mol. The molecule has 0 radical (unpaired) electrons. The van der Waals surface area contributed by atoms with Crippen molar-refractivity contribution in [2.75, 3.05) is 0 Å². The molecule has 0 aliphatic rings. The predicted octanol–water partition coefficient (Wildman–Crippen LogP) is 6.01. The first-order chi connectivity index (χ1) is 16.0. The number of phenolic OH excluding ortho intramolecular Hbond substituents is 1. The second-order valence-corrected chi connectivity index (χ2v) is 14.3. The Morgan fingerprint density at radius 2 is 1.35 bits per heavy atom. The summed E-state index contributed by atoms with van der Waals surface area (Å²) >= 11 is 0. The molecule has 0 saturated carbocycles. The van der Waals surface area contributed by atoms with Crippen molar-refractivity contribution in [1.82, 2.24) is 0 Å². The zero-order chi connectivity index (χ0) is 25.5. The Morgan fingerprint density at radius 1 is 0.882 bits per heavy atom. The lowest BCUT2D eigenvalue weighted by Crippen LogP contribution is -2.40. The lowest BCUT2D eigenvalue weighted by molar-refractivity contribution is -0.140. The van der Waals surface area contributed by atoms with E-state index in [2.05, 4.69) is 57.4 Å². The van der Waals surface area contributed by atoms with Gasteiger partial charge in [0.15, 0.2) is 0 Å². The molecule has 34 heavy (non-hydrogen) atoms. The molecule has 0 amide bonds. The van der Waals surface area contributed by atoms with Crippen LogP contribution in [0.25, 0.3) is 11.1 Å². The van der Waals surface area contributed by atoms with E-state index in [1.165, 1.54) is 24.1 Å². The smallest absolute Gasteiger partial charge is 0.333 e. The topological polar surface area (TPSA) is 72.8 Å². The van der Waals surface area contributed by atoms with Crippen LogP contribution in [0.2, 0.25) is 19.1 Å². The van der Waals surface area contributed by atoms with E-state index in [1.807, 2.05) is 0 Å². The molecule has 0 fully saturated rings. The molecule has 182 valence electrons. The molecule has 5 nitrogen and oxygen atoms in total. The fourth-order valence-corrected chi connectivity index (χ4v) is 6.15. The normalized spacial score (nSPS) is 11.1. The summed E-state index contributed by atoms with van der Waals surface area (Å²) in [5.74, 6) is -1.15. The number of carbonyl (C=O) groups excluding carboxylic acids is 2. The lowest BCUT2D eigenvalue weighted by atomic mass is 9.99. The van der Waals surface area contributed by atoms with Gasteiger partial charge in [-0.25, -0.2) is 9.59 Å². The van der Waals surface area contributed by atoms with Gasteiger partial charge in [0.1, 0.15) is 19.0 Å². The van der Waals surface area contributed by atoms with Crippen molar-refractivity contribution in [3.8, 4) is 16.9 Å². The molecule has 1 N–H and O–H groups in total. The van der Waals surface area contributed by atoms with E-state index in [9.17, 15) is 14.7 Å². The third-order valence-corrected chi connectivity index (χ3v) is 9.34. The van der Waals surface area contributed by atoms with E-state index in [0.717, 1.165) is 11.1 Å². The van der Waals surface area contributed by atoms with Gasteiger partial charge in [-0.2, -0.15) is 0 Å². The minimum atomic E-state index is -1.50. The van der Waals surface area contributed by atoms with E-state index < -0.39 is 20.0 Å². The second-order valence-electron chi connectivity index (χ2n) is 9.42. The highest BCUT2D eigenvalue weighted by Gasteiger charge is 2.22. The largest absolute Gasteiger partial charge is 0.507 e. The SMILES string of the molecule is C=C(C)C(=O)OCc1cc(-c2ccc([Si](C)(C)CCCC)cc2)cc(COC(=O)C(=C)C)c1O. The average molecular weight is 481 g/mol. The van der Waals surface area contributed by atoms with Gasteiger partial charge in [0.25, 0.3) is 0 Å². The van der Waals surface area contributed by atoms with Crippen molar-refractivity contribution in [3.63, 3.8) is 0 Å². The third-order valence-electron chi connectivity index (χ3n) is 5.84. The van der Waals surface area contributed by atoms with Gasteiger partial charge in [-0.1, -0.05) is 81.5 Å². The van der Waals surface area contributed by atoms with Crippen LogP contribution in [-0.2, 0) is 32.3 Å². The summed E-state index contributed by atoms with van der Waals surface area (Å²) in [6.07, 6.45) is 2.43. The monoisotopic (exact) mass is 480 g/mol. The number of carbonyl (C=O) groups is 2. The number of hydrogen-bond acceptors (Lipinski definition) is 5. The molecule has 6 heteroatoms. The molecule has 2 aromatic rings. The Labute approximate surface area is 204 Å². The summed E-state index contributed by atoms with van der Waals surface area (Å²) in [6, 6.07) is 13.4. The molecule has 2 rings (SSSR count). The van der Waals surface area contributed by atoms with E-state index in [0.29, 0.717) is 11.1 Å². The van der Waals surface area contributed by atoms with Crippen LogP contribution >= 0.6 is 0 Å². The standard InChI is InChI=1S/C28H36O5Si/c1-8-9-14-34(6,7)25-12-10-21(11-13-25)22-15-23(17-32-27(30)19(2)3)26(29)24(16-22)18-33-28(31)20(4)5/h10-13,15-16,29H,2,4,8-9,14,17-18H2,1,3,5-7H3. The summed E-state index contributed by atoms with van der Waals surface area (Å²) in [7, 11) is -1.50. The highest BCUT2D eigenvalue weighted by Crippen LogP contribution is 2.32. The molecular formula is C28H36O5Si. The first-order valence-electron chi connectivity index (χ1n) is 11.6. The summed E-state index contributed by atoms with van der Waals surface area (Å²) in [5, 5.41) is 12.2. The Bertz CT molecular complexity index is 1020. The van der Waals surface area contributed by atoms with Gasteiger partial charge >= 0.3 is 11.9 Å². The number of hydrogen-bond donors (Lipinski definition) is 1. The maximum absolute atomic E-state index is 11.9. The fourth-order valence-electron chi connectivity index (χ4n) is 3.56. The molecule has 0 aliphatic heterocycles. The molecule has 0 atom stereocenters. The Morgan fingerprint density at radius 3 is 1.76 bits per heavy atom. The predicted molar refractivity (Wildman–Crippen MR) is 140 cm³/mol. The number of phenols is 1. The van der Waals surface area contributed by atoms with Gasteiger partial charge in [-0.15, -0.1) is 0 Å². The van der Waals surface area contributed by atoms with E-state index in [4.69, 9.17) is 9.47 Å². The molecule has 2 aromatic carbocycles. The number of rotatable bonds is 11. The van der Waals surface area contributed by atoms with Gasteiger partial charge in [0, 0.05) is 22.3 Å². The minimum Gasteiger partial charge on any atom is -0.507 e. The Balaban J connectivity index is 2.41. The van der Waals surface area contributed by atoms with Crippen molar-refractivity contribution >= 4 is 25.2 Å². The van der Waals surface area contributed by atoms with Crippen LogP contribution in [0, 0.1) is 0 Å². The summed E-state index contributed by atoms with van der Waals surface area (Å²) in [5.41, 5.74) is 3.20. The number of benzene rings is 2. The van der Waals surface area contributed by atoms with Crippen molar-refractivity contribution in [2.45, 2.75) is 66.0 Å². The average Bonchev–Trinajstić information content (AvgIpc) is 2.80. The van der Waals surface area contributed by atoms with Gasteiger partial charge in [-0.3, -0.25) is 0 Å². The Kier molecular flexibility index (Phi) is 9.44. The van der Waals surface area contributed by atoms with Crippen molar-refractivity contribution < 1.29 is 24.2 Å². The maximum Gasteiger partial charge on any atom is 0.333 e. The Hall–Kier alpha value is -3.12. The number of esters is 2. The summed E-state index contributed by atoms with van der Waals surface area (Å²) in [6.45, 7) is 17.0. The highest BCUT2D eigenvalue weighted by molar-refractivity contribution is 6.89. The maximum atomic E-state index is 11.9. The molecule has 0 bridgehead atoms. The quantitative estimate of drug-likeness (QED) is 0.242. The lowest BCUT2D eigenvalue weighted by Gasteiger charge is -2.23. The molecule has 0 aromatic heterocycles. The zero-order valence-electron chi connectivity index (χ0n) is 21.0. The van der Waals surface area contributed by atoms with Crippen molar-refractivity contribution in [3.05, 3.63) is 71.8 Å². The van der Waals surface area contributed by atoms with Crippen LogP contribution in [0.15, 0.2) is 60.7 Å². The zero-order valence-corrected chi connectivity index (χ0v) is 22.0. The molecule has 0 saturated heterocycles. The molecule has 0 spiro atoms. The summed E-state index contributed by atoms with van der Waals surface area (Å²) in [4.78, 5) is 23.8. The first-order valence-corrected chi connectivity index (χ1v) is 14.8. The second kappa shape index (κ2) is 11.8. The number of unbranched alkanes of at least 4 members (excludes halogenated alkanes) is 1. The van der Waals surface area contributed by atoms with Gasteiger partial charge in [-0.05, 0) is 37.1 Å². The molecule has 0 aliphatic carbocycles.